The number of aliphatic hydroxyl groups is 1. The molecule has 3 nitrogen and oxygen atoms in total. The van der Waals surface area contributed by atoms with E-state index in [1.54, 1.807) is 0 Å². The average Bonchev–Trinajstić information content (AvgIpc) is 1.84. The Morgan fingerprint density at radius 1 is 1.88 bits per heavy atom. The first-order chi connectivity index (χ1) is 3.72. The van der Waals surface area contributed by atoms with E-state index in [1.807, 2.05) is 6.92 Å². The van der Waals surface area contributed by atoms with E-state index in [0.717, 1.165) is 0 Å². The Kier molecular flexibility index (Phi) is 3.39. The number of rotatable bonds is 3. The molecule has 0 saturated carbocycles. The van der Waals surface area contributed by atoms with Gasteiger partial charge in [0.2, 0.25) is 0 Å². The normalized spacial score (nSPS) is 13.4. The maximum absolute atomic E-state index is 8.82. The maximum Gasteiger partial charge on any atom is 0.0924 e. The van der Waals surface area contributed by atoms with E-state index in [9.17, 15) is 0 Å². The number of aliphatic hydroxyl groups excluding tert-OH is 1. The van der Waals surface area contributed by atoms with Gasteiger partial charge in [0.1, 0.15) is 0 Å². The molecule has 4 N–H and O–H groups in total. The van der Waals surface area contributed by atoms with Crippen molar-refractivity contribution in [2.75, 3.05) is 6.54 Å². The topological polar surface area (TPSA) is 70.1 Å². The van der Waals surface area contributed by atoms with Crippen molar-refractivity contribution in [3.05, 3.63) is 0 Å². The van der Waals surface area contributed by atoms with Gasteiger partial charge in [0.05, 0.1) is 11.8 Å². The monoisotopic (exact) mass is 116 g/mol. The quantitative estimate of drug-likeness (QED) is 0.444. The van der Waals surface area contributed by atoms with Crippen molar-refractivity contribution in [1.82, 2.24) is 0 Å². The molecule has 1 atom stereocenters. The van der Waals surface area contributed by atoms with E-state index in [1.165, 1.54) is 0 Å². The molecule has 0 aromatic rings. The van der Waals surface area contributed by atoms with E-state index >= 15 is 0 Å². The first-order valence-electron chi connectivity index (χ1n) is 2.67. The van der Waals surface area contributed by atoms with E-state index in [-0.39, 0.29) is 12.3 Å². The molecule has 3 heteroatoms. The van der Waals surface area contributed by atoms with Crippen LogP contribution in [-0.4, -0.2) is 23.5 Å². The van der Waals surface area contributed by atoms with Crippen LogP contribution < -0.4 is 5.73 Å². The minimum Gasteiger partial charge on any atom is -0.387 e. The zero-order chi connectivity index (χ0) is 6.57. The molecule has 8 heavy (non-hydrogen) atoms. The maximum atomic E-state index is 8.82. The van der Waals surface area contributed by atoms with Gasteiger partial charge >= 0.3 is 0 Å². The molecule has 0 saturated heterocycles. The fourth-order valence-corrected chi connectivity index (χ4v) is 0.382. The molecular weight excluding hydrogens is 104 g/mol. The smallest absolute Gasteiger partial charge is 0.0924 e. The standard InChI is InChI=1S/C5H12N2O/c1-2-5(8)4(7)3-6/h5,7-8H,2-3,6H2,1H3. The molecule has 0 aliphatic carbocycles. The molecule has 0 aromatic heterocycles. The van der Waals surface area contributed by atoms with Crippen molar-refractivity contribution in [2.24, 2.45) is 5.73 Å². The summed E-state index contributed by atoms with van der Waals surface area (Å²) in [4.78, 5) is 0. The molecule has 0 radical (unpaired) electrons. The summed E-state index contributed by atoms with van der Waals surface area (Å²) in [6, 6.07) is 0. The predicted octanol–water partition coefficient (Wildman–Crippen LogP) is -0.264. The molecule has 0 aromatic carbocycles. The minimum absolute atomic E-state index is 0.162. The third-order valence-electron chi connectivity index (χ3n) is 1.01. The van der Waals surface area contributed by atoms with Crippen LogP contribution in [0.25, 0.3) is 0 Å². The highest BCUT2D eigenvalue weighted by atomic mass is 16.3. The zero-order valence-corrected chi connectivity index (χ0v) is 5.02. The van der Waals surface area contributed by atoms with E-state index in [0.29, 0.717) is 6.42 Å². The van der Waals surface area contributed by atoms with E-state index < -0.39 is 6.10 Å². The molecule has 0 aliphatic rings. The summed E-state index contributed by atoms with van der Waals surface area (Å²) < 4.78 is 0. The summed E-state index contributed by atoms with van der Waals surface area (Å²) in [6.45, 7) is 1.98. The molecule has 0 heterocycles. The molecule has 48 valence electrons. The lowest BCUT2D eigenvalue weighted by Gasteiger charge is -2.04. The average molecular weight is 116 g/mol. The van der Waals surface area contributed by atoms with Crippen molar-refractivity contribution >= 4 is 5.71 Å². The van der Waals surface area contributed by atoms with Crippen LogP contribution in [0, 0.1) is 5.41 Å². The Morgan fingerprint density at radius 3 is 2.50 bits per heavy atom. The van der Waals surface area contributed by atoms with Gasteiger partial charge in [-0.1, -0.05) is 6.92 Å². The van der Waals surface area contributed by atoms with Crippen LogP contribution in [0.3, 0.4) is 0 Å². The number of nitrogens with two attached hydrogens (primary N) is 1. The molecule has 0 rings (SSSR count). The van der Waals surface area contributed by atoms with Gasteiger partial charge in [0.15, 0.2) is 0 Å². The third-order valence-corrected chi connectivity index (χ3v) is 1.01. The molecule has 0 fully saturated rings. The predicted molar refractivity (Wildman–Crippen MR) is 33.1 cm³/mol. The fourth-order valence-electron chi connectivity index (χ4n) is 0.382. The van der Waals surface area contributed by atoms with E-state index in [4.69, 9.17) is 16.2 Å². The Hall–Kier alpha value is -0.410. The highest BCUT2D eigenvalue weighted by molar-refractivity contribution is 5.87. The second-order valence-electron chi connectivity index (χ2n) is 1.65. The first kappa shape index (κ1) is 7.59. The zero-order valence-electron chi connectivity index (χ0n) is 5.02. The third kappa shape index (κ3) is 2.04. The lowest BCUT2D eigenvalue weighted by molar-refractivity contribution is 0.235. The SMILES string of the molecule is CCC(O)C(=N)CN. The lowest BCUT2D eigenvalue weighted by atomic mass is 10.2. The number of hydrogen-bond acceptors (Lipinski definition) is 3. The van der Waals surface area contributed by atoms with Crippen LogP contribution in [-0.2, 0) is 0 Å². The largest absolute Gasteiger partial charge is 0.387 e. The summed E-state index contributed by atoms with van der Waals surface area (Å²) in [6.07, 6.45) is -0.0456. The summed E-state index contributed by atoms with van der Waals surface area (Å²) in [5.41, 5.74) is 5.28. The Balaban J connectivity index is 3.46. The van der Waals surface area contributed by atoms with Gasteiger partial charge in [0.25, 0.3) is 0 Å². The highest BCUT2D eigenvalue weighted by Gasteiger charge is 2.03. The van der Waals surface area contributed by atoms with Crippen molar-refractivity contribution in [3.63, 3.8) is 0 Å². The minimum atomic E-state index is -0.625. The van der Waals surface area contributed by atoms with Crippen molar-refractivity contribution < 1.29 is 5.11 Å². The Morgan fingerprint density at radius 2 is 2.38 bits per heavy atom. The van der Waals surface area contributed by atoms with Gasteiger partial charge in [0, 0.05) is 6.54 Å². The second-order valence-corrected chi connectivity index (χ2v) is 1.65. The highest BCUT2D eigenvalue weighted by Crippen LogP contribution is 1.88. The molecule has 1 unspecified atom stereocenters. The van der Waals surface area contributed by atoms with Crippen LogP contribution >= 0.6 is 0 Å². The van der Waals surface area contributed by atoms with Crippen LogP contribution in [0.15, 0.2) is 0 Å². The van der Waals surface area contributed by atoms with Crippen LogP contribution in [0.4, 0.5) is 0 Å². The Bertz CT molecular complexity index is 82.5. The number of hydrogen-bond donors (Lipinski definition) is 3. The number of nitrogens with one attached hydrogen (secondary N) is 1. The summed E-state index contributed by atoms with van der Waals surface area (Å²) in [7, 11) is 0. The summed E-state index contributed by atoms with van der Waals surface area (Å²) in [5.74, 6) is 0. The van der Waals surface area contributed by atoms with Crippen molar-refractivity contribution in [2.45, 2.75) is 19.4 Å². The van der Waals surface area contributed by atoms with Gasteiger partial charge in [-0.2, -0.15) is 0 Å². The van der Waals surface area contributed by atoms with Crippen molar-refractivity contribution in [1.29, 1.82) is 5.41 Å². The molecule has 0 bridgehead atoms. The van der Waals surface area contributed by atoms with Crippen LogP contribution in [0.1, 0.15) is 13.3 Å². The molecule has 0 aliphatic heterocycles. The van der Waals surface area contributed by atoms with Crippen LogP contribution in [0.2, 0.25) is 0 Å². The molecular formula is C5H12N2O. The first-order valence-corrected chi connectivity index (χ1v) is 2.67. The van der Waals surface area contributed by atoms with Gasteiger partial charge in [-0.3, -0.25) is 0 Å². The van der Waals surface area contributed by atoms with Gasteiger partial charge in [-0.25, -0.2) is 0 Å². The van der Waals surface area contributed by atoms with Gasteiger partial charge in [-0.15, -0.1) is 0 Å². The van der Waals surface area contributed by atoms with Crippen molar-refractivity contribution in [3.8, 4) is 0 Å². The summed E-state index contributed by atoms with van der Waals surface area (Å²) >= 11 is 0. The fraction of sp³-hybridized carbons (Fsp3) is 0.800. The Labute approximate surface area is 49.0 Å². The lowest BCUT2D eigenvalue weighted by Crippen LogP contribution is -2.26. The van der Waals surface area contributed by atoms with Gasteiger partial charge in [-0.05, 0) is 6.42 Å². The van der Waals surface area contributed by atoms with Crippen LogP contribution in [0.5, 0.6) is 0 Å². The van der Waals surface area contributed by atoms with Gasteiger partial charge < -0.3 is 16.2 Å². The van der Waals surface area contributed by atoms with E-state index in [2.05, 4.69) is 0 Å². The second kappa shape index (κ2) is 3.57. The molecule has 0 amide bonds. The molecule has 0 spiro atoms. The summed E-state index contributed by atoms with van der Waals surface area (Å²) in [5, 5.41) is 15.8.